The molecule has 1 aromatic rings. The molecule has 74 valence electrons. The molecule has 0 N–H and O–H groups in total. The molecular formula is C14H18. The van der Waals surface area contributed by atoms with Crippen LogP contribution in [0.2, 0.25) is 0 Å². The molecule has 0 saturated heterocycles. The summed E-state index contributed by atoms with van der Waals surface area (Å²) in [7, 11) is 0. The van der Waals surface area contributed by atoms with E-state index in [1.165, 1.54) is 22.3 Å². The number of hydrogen-bond donors (Lipinski definition) is 0. The van der Waals surface area contributed by atoms with Crippen molar-refractivity contribution in [1.29, 1.82) is 0 Å². The highest BCUT2D eigenvalue weighted by molar-refractivity contribution is 5.74. The van der Waals surface area contributed by atoms with Crippen molar-refractivity contribution in [2.75, 3.05) is 0 Å². The average molecular weight is 186 g/mol. The van der Waals surface area contributed by atoms with Crippen molar-refractivity contribution in [2.45, 2.75) is 27.7 Å². The van der Waals surface area contributed by atoms with Gasteiger partial charge >= 0.3 is 0 Å². The first-order valence-electron chi connectivity index (χ1n) is 5.05. The van der Waals surface area contributed by atoms with Crippen LogP contribution in [-0.4, -0.2) is 0 Å². The lowest BCUT2D eigenvalue weighted by atomic mass is 10.00. The second-order valence-corrected chi connectivity index (χ2v) is 3.54. The lowest BCUT2D eigenvalue weighted by Crippen LogP contribution is -1.85. The third-order valence-corrected chi connectivity index (χ3v) is 2.50. The van der Waals surface area contributed by atoms with Crippen molar-refractivity contribution in [2.24, 2.45) is 0 Å². The Kier molecular flexibility index (Phi) is 3.70. The molecule has 0 heteroatoms. The van der Waals surface area contributed by atoms with Crippen molar-refractivity contribution >= 4 is 5.57 Å². The molecule has 0 aliphatic rings. The van der Waals surface area contributed by atoms with Crippen LogP contribution in [-0.2, 0) is 0 Å². The second-order valence-electron chi connectivity index (χ2n) is 3.54. The molecule has 0 radical (unpaired) electrons. The van der Waals surface area contributed by atoms with Crippen molar-refractivity contribution < 1.29 is 0 Å². The minimum Gasteiger partial charge on any atom is -0.0871 e. The van der Waals surface area contributed by atoms with Crippen LogP contribution in [0.4, 0.5) is 0 Å². The number of allylic oxidation sites excluding steroid dienone is 4. The monoisotopic (exact) mass is 186 g/mol. The van der Waals surface area contributed by atoms with E-state index in [0.29, 0.717) is 0 Å². The van der Waals surface area contributed by atoms with E-state index in [1.807, 2.05) is 6.92 Å². The van der Waals surface area contributed by atoms with Gasteiger partial charge in [0.2, 0.25) is 0 Å². The van der Waals surface area contributed by atoms with Gasteiger partial charge in [-0.1, -0.05) is 36.4 Å². The van der Waals surface area contributed by atoms with Gasteiger partial charge in [-0.3, -0.25) is 0 Å². The van der Waals surface area contributed by atoms with E-state index in [2.05, 4.69) is 57.2 Å². The van der Waals surface area contributed by atoms with Gasteiger partial charge in [-0.05, 0) is 50.0 Å². The van der Waals surface area contributed by atoms with Crippen LogP contribution in [0.5, 0.6) is 0 Å². The van der Waals surface area contributed by atoms with E-state index in [9.17, 15) is 0 Å². The Hall–Kier alpha value is -1.30. The van der Waals surface area contributed by atoms with Gasteiger partial charge in [0.15, 0.2) is 0 Å². The third-order valence-electron chi connectivity index (χ3n) is 2.50. The Balaban J connectivity index is 3.13. The molecule has 0 fully saturated rings. The van der Waals surface area contributed by atoms with Gasteiger partial charge in [0, 0.05) is 0 Å². The SMILES string of the molecule is C/C=C\C(=C\C)c1ccc(C)c(C)c1. The molecule has 0 aliphatic heterocycles. The number of aryl methyl sites for hydroxylation is 2. The Labute approximate surface area is 87.0 Å². The molecule has 0 aromatic heterocycles. The van der Waals surface area contributed by atoms with Gasteiger partial charge in [-0.25, -0.2) is 0 Å². The molecule has 0 heterocycles. The van der Waals surface area contributed by atoms with Crippen LogP contribution in [0.15, 0.2) is 36.4 Å². The van der Waals surface area contributed by atoms with Crippen molar-refractivity contribution in [3.8, 4) is 0 Å². The van der Waals surface area contributed by atoms with Crippen LogP contribution < -0.4 is 0 Å². The molecule has 0 amide bonds. The first kappa shape index (κ1) is 10.8. The van der Waals surface area contributed by atoms with Crippen molar-refractivity contribution in [1.82, 2.24) is 0 Å². The van der Waals surface area contributed by atoms with Crippen LogP contribution in [0.1, 0.15) is 30.5 Å². The van der Waals surface area contributed by atoms with Crippen molar-refractivity contribution in [3.05, 3.63) is 53.1 Å². The zero-order valence-corrected chi connectivity index (χ0v) is 9.46. The molecular weight excluding hydrogens is 168 g/mol. The summed E-state index contributed by atoms with van der Waals surface area (Å²) in [4.78, 5) is 0. The summed E-state index contributed by atoms with van der Waals surface area (Å²) >= 11 is 0. The summed E-state index contributed by atoms with van der Waals surface area (Å²) in [6, 6.07) is 6.60. The van der Waals surface area contributed by atoms with Gasteiger partial charge in [-0.15, -0.1) is 0 Å². The first-order valence-corrected chi connectivity index (χ1v) is 5.05. The molecule has 0 unspecified atom stereocenters. The van der Waals surface area contributed by atoms with E-state index >= 15 is 0 Å². The first-order chi connectivity index (χ1) is 6.69. The van der Waals surface area contributed by atoms with Crippen molar-refractivity contribution in [3.63, 3.8) is 0 Å². The molecule has 1 rings (SSSR count). The zero-order valence-electron chi connectivity index (χ0n) is 9.46. The van der Waals surface area contributed by atoms with Crippen LogP contribution in [0.3, 0.4) is 0 Å². The minimum absolute atomic E-state index is 1.29. The van der Waals surface area contributed by atoms with E-state index in [0.717, 1.165) is 0 Å². The molecule has 0 nitrogen and oxygen atoms in total. The predicted molar refractivity (Wildman–Crippen MR) is 64.4 cm³/mol. The summed E-state index contributed by atoms with van der Waals surface area (Å²) < 4.78 is 0. The number of rotatable bonds is 2. The van der Waals surface area contributed by atoms with Gasteiger partial charge in [0.25, 0.3) is 0 Å². The fourth-order valence-corrected chi connectivity index (χ4v) is 1.46. The quantitative estimate of drug-likeness (QED) is 0.605. The molecule has 0 aliphatic carbocycles. The Bertz CT molecular complexity index is 368. The Morgan fingerprint density at radius 1 is 1.07 bits per heavy atom. The molecule has 0 atom stereocenters. The highest BCUT2D eigenvalue weighted by Crippen LogP contribution is 2.19. The summed E-state index contributed by atoms with van der Waals surface area (Å²) in [5.41, 5.74) is 5.29. The van der Waals surface area contributed by atoms with Gasteiger partial charge < -0.3 is 0 Å². The van der Waals surface area contributed by atoms with Crippen LogP contribution in [0, 0.1) is 13.8 Å². The van der Waals surface area contributed by atoms with Gasteiger partial charge in [-0.2, -0.15) is 0 Å². The normalized spacial score (nSPS) is 12.4. The third kappa shape index (κ3) is 2.35. The molecule has 0 bridgehead atoms. The minimum atomic E-state index is 1.29. The number of benzene rings is 1. The summed E-state index contributed by atoms with van der Waals surface area (Å²) in [6.45, 7) is 8.42. The van der Waals surface area contributed by atoms with E-state index < -0.39 is 0 Å². The lowest BCUT2D eigenvalue weighted by molar-refractivity contribution is 1.33. The average Bonchev–Trinajstić information content (AvgIpc) is 2.19. The Morgan fingerprint density at radius 3 is 2.29 bits per heavy atom. The maximum Gasteiger partial charge on any atom is -0.0185 e. The topological polar surface area (TPSA) is 0 Å². The van der Waals surface area contributed by atoms with E-state index in [-0.39, 0.29) is 0 Å². The largest absolute Gasteiger partial charge is 0.0871 e. The standard InChI is InChI=1S/C14H18/c1-5-7-13(6-2)14-9-8-11(3)12(4)10-14/h5-10H,1-4H3/b7-5-,13-6-. The molecule has 1 aromatic carbocycles. The summed E-state index contributed by atoms with van der Waals surface area (Å²) in [6.07, 6.45) is 6.36. The second kappa shape index (κ2) is 4.80. The summed E-state index contributed by atoms with van der Waals surface area (Å²) in [5.74, 6) is 0. The molecule has 14 heavy (non-hydrogen) atoms. The summed E-state index contributed by atoms with van der Waals surface area (Å²) in [5, 5.41) is 0. The van der Waals surface area contributed by atoms with Crippen LogP contribution >= 0.6 is 0 Å². The van der Waals surface area contributed by atoms with E-state index in [4.69, 9.17) is 0 Å². The highest BCUT2D eigenvalue weighted by atomic mass is 14.0. The highest BCUT2D eigenvalue weighted by Gasteiger charge is 1.98. The predicted octanol–water partition coefficient (Wildman–Crippen LogP) is 4.28. The molecule has 0 saturated carbocycles. The van der Waals surface area contributed by atoms with E-state index in [1.54, 1.807) is 0 Å². The maximum absolute atomic E-state index is 2.24. The lowest BCUT2D eigenvalue weighted by Gasteiger charge is -2.05. The Morgan fingerprint density at radius 2 is 1.79 bits per heavy atom. The van der Waals surface area contributed by atoms with Crippen LogP contribution in [0.25, 0.3) is 5.57 Å². The van der Waals surface area contributed by atoms with Gasteiger partial charge in [0.05, 0.1) is 0 Å². The maximum atomic E-state index is 2.24. The fourth-order valence-electron chi connectivity index (χ4n) is 1.46. The molecule has 0 spiro atoms. The zero-order chi connectivity index (χ0) is 10.6. The number of hydrogen-bond acceptors (Lipinski definition) is 0. The smallest absolute Gasteiger partial charge is 0.0185 e. The van der Waals surface area contributed by atoms with Gasteiger partial charge in [0.1, 0.15) is 0 Å². The fraction of sp³-hybridized carbons (Fsp3) is 0.286.